The second kappa shape index (κ2) is 9.70. The minimum absolute atomic E-state index is 0.141. The van der Waals surface area contributed by atoms with Crippen molar-refractivity contribution in [2.75, 3.05) is 30.3 Å². The van der Waals surface area contributed by atoms with Crippen molar-refractivity contribution in [2.24, 2.45) is 0 Å². The Morgan fingerprint density at radius 1 is 1.00 bits per heavy atom. The van der Waals surface area contributed by atoms with Gasteiger partial charge in [-0.25, -0.2) is 0 Å². The molecule has 0 unspecified atom stereocenters. The van der Waals surface area contributed by atoms with E-state index >= 15 is 0 Å². The van der Waals surface area contributed by atoms with Gasteiger partial charge in [0, 0.05) is 24.8 Å². The number of rotatable bonds is 8. The summed E-state index contributed by atoms with van der Waals surface area (Å²) in [6.45, 7) is 4.62. The SMILES string of the molecule is CCN(CC(=O)Nc1ccc(NC(C)=O)cc1)C[C@H](O)c1ccccc1. The Balaban J connectivity index is 1.87. The first-order chi connectivity index (χ1) is 12.5. The summed E-state index contributed by atoms with van der Waals surface area (Å²) in [6, 6.07) is 16.3. The molecule has 2 aromatic rings. The number of benzene rings is 2. The molecule has 0 aliphatic carbocycles. The molecule has 138 valence electrons. The summed E-state index contributed by atoms with van der Waals surface area (Å²) in [6.07, 6.45) is -0.638. The highest BCUT2D eigenvalue weighted by Gasteiger charge is 2.15. The zero-order valence-corrected chi connectivity index (χ0v) is 15.1. The first-order valence-corrected chi connectivity index (χ1v) is 8.60. The quantitative estimate of drug-likeness (QED) is 0.680. The molecule has 6 heteroatoms. The summed E-state index contributed by atoms with van der Waals surface area (Å²) < 4.78 is 0. The fourth-order valence-corrected chi connectivity index (χ4v) is 2.57. The summed E-state index contributed by atoms with van der Waals surface area (Å²) in [5.74, 6) is -0.295. The van der Waals surface area contributed by atoms with Gasteiger partial charge >= 0.3 is 0 Å². The van der Waals surface area contributed by atoms with E-state index in [4.69, 9.17) is 0 Å². The molecule has 26 heavy (non-hydrogen) atoms. The van der Waals surface area contributed by atoms with Crippen LogP contribution >= 0.6 is 0 Å². The van der Waals surface area contributed by atoms with Crippen LogP contribution < -0.4 is 10.6 Å². The van der Waals surface area contributed by atoms with Gasteiger partial charge in [-0.3, -0.25) is 14.5 Å². The van der Waals surface area contributed by atoms with Crippen molar-refractivity contribution in [3.8, 4) is 0 Å². The lowest BCUT2D eigenvalue weighted by Gasteiger charge is -2.23. The predicted molar refractivity (Wildman–Crippen MR) is 103 cm³/mol. The molecule has 0 radical (unpaired) electrons. The number of hydrogen-bond donors (Lipinski definition) is 3. The van der Waals surface area contributed by atoms with Gasteiger partial charge in [0.1, 0.15) is 0 Å². The van der Waals surface area contributed by atoms with Crippen LogP contribution in [0.2, 0.25) is 0 Å². The van der Waals surface area contributed by atoms with Crippen LogP contribution in [0.1, 0.15) is 25.5 Å². The Hall–Kier alpha value is -2.70. The predicted octanol–water partition coefficient (Wildman–Crippen LogP) is 2.64. The first-order valence-electron chi connectivity index (χ1n) is 8.60. The van der Waals surface area contributed by atoms with Gasteiger partial charge in [0.15, 0.2) is 0 Å². The van der Waals surface area contributed by atoms with Crippen LogP contribution in [0, 0.1) is 0 Å². The summed E-state index contributed by atoms with van der Waals surface area (Å²) in [5.41, 5.74) is 2.17. The third-order valence-corrected chi connectivity index (χ3v) is 3.92. The Labute approximate surface area is 153 Å². The highest BCUT2D eigenvalue weighted by molar-refractivity contribution is 5.93. The molecule has 0 saturated carbocycles. The van der Waals surface area contributed by atoms with Gasteiger partial charge < -0.3 is 15.7 Å². The lowest BCUT2D eigenvalue weighted by atomic mass is 10.1. The van der Waals surface area contributed by atoms with E-state index in [9.17, 15) is 14.7 Å². The van der Waals surface area contributed by atoms with Crippen molar-refractivity contribution in [1.29, 1.82) is 0 Å². The van der Waals surface area contributed by atoms with Crippen LogP contribution in [0.3, 0.4) is 0 Å². The monoisotopic (exact) mass is 355 g/mol. The number of hydrogen-bond acceptors (Lipinski definition) is 4. The van der Waals surface area contributed by atoms with E-state index in [0.29, 0.717) is 24.5 Å². The van der Waals surface area contributed by atoms with Crippen molar-refractivity contribution in [3.05, 3.63) is 60.2 Å². The topological polar surface area (TPSA) is 81.7 Å². The molecule has 0 heterocycles. The zero-order chi connectivity index (χ0) is 18.9. The van der Waals surface area contributed by atoms with Gasteiger partial charge in [-0.2, -0.15) is 0 Å². The number of likely N-dealkylation sites (N-methyl/N-ethyl adjacent to an activating group) is 1. The molecule has 0 spiro atoms. The Kier molecular flexibility index (Phi) is 7.32. The van der Waals surface area contributed by atoms with Gasteiger partial charge in [0.05, 0.1) is 12.6 Å². The molecule has 0 saturated heterocycles. The standard InChI is InChI=1S/C20H25N3O3/c1-3-23(13-19(25)16-7-5-4-6-8-16)14-20(26)22-18-11-9-17(10-12-18)21-15(2)24/h4-12,19,25H,3,13-14H2,1-2H3,(H,21,24)(H,22,26)/t19-/m0/s1. The molecule has 1 atom stereocenters. The van der Waals surface area contributed by atoms with Crippen molar-refractivity contribution in [1.82, 2.24) is 4.90 Å². The minimum Gasteiger partial charge on any atom is -0.387 e. The van der Waals surface area contributed by atoms with E-state index in [1.807, 2.05) is 42.2 Å². The molecular formula is C20H25N3O3. The first kappa shape index (κ1) is 19.6. The smallest absolute Gasteiger partial charge is 0.238 e. The van der Waals surface area contributed by atoms with Crippen LogP contribution in [0.4, 0.5) is 11.4 Å². The average Bonchev–Trinajstić information content (AvgIpc) is 2.63. The molecule has 0 aromatic heterocycles. The number of aliphatic hydroxyl groups is 1. The van der Waals surface area contributed by atoms with Crippen LogP contribution in [-0.2, 0) is 9.59 Å². The van der Waals surface area contributed by atoms with Crippen molar-refractivity contribution < 1.29 is 14.7 Å². The maximum Gasteiger partial charge on any atom is 0.238 e. The molecule has 3 N–H and O–H groups in total. The number of anilines is 2. The van der Waals surface area contributed by atoms with E-state index < -0.39 is 6.10 Å². The van der Waals surface area contributed by atoms with Gasteiger partial charge in [-0.05, 0) is 36.4 Å². The number of nitrogens with one attached hydrogen (secondary N) is 2. The van der Waals surface area contributed by atoms with Crippen molar-refractivity contribution >= 4 is 23.2 Å². The van der Waals surface area contributed by atoms with E-state index in [-0.39, 0.29) is 18.4 Å². The fourth-order valence-electron chi connectivity index (χ4n) is 2.57. The molecule has 0 aliphatic heterocycles. The third kappa shape index (κ3) is 6.31. The summed E-state index contributed by atoms with van der Waals surface area (Å²) in [5, 5.41) is 15.8. The Morgan fingerprint density at radius 2 is 1.58 bits per heavy atom. The average molecular weight is 355 g/mol. The molecule has 0 aliphatic rings. The molecule has 2 rings (SSSR count). The lowest BCUT2D eigenvalue weighted by Crippen LogP contribution is -2.36. The lowest BCUT2D eigenvalue weighted by molar-refractivity contribution is -0.117. The second-order valence-electron chi connectivity index (χ2n) is 6.06. The van der Waals surface area contributed by atoms with Crippen molar-refractivity contribution in [2.45, 2.75) is 20.0 Å². The van der Waals surface area contributed by atoms with Crippen LogP contribution in [-0.4, -0.2) is 41.5 Å². The van der Waals surface area contributed by atoms with E-state index in [0.717, 1.165) is 5.56 Å². The highest BCUT2D eigenvalue weighted by Crippen LogP contribution is 2.15. The van der Waals surface area contributed by atoms with E-state index in [2.05, 4.69) is 10.6 Å². The summed E-state index contributed by atoms with van der Waals surface area (Å²) >= 11 is 0. The number of nitrogens with zero attached hydrogens (tertiary/aromatic N) is 1. The van der Waals surface area contributed by atoms with Crippen molar-refractivity contribution in [3.63, 3.8) is 0 Å². The molecule has 0 fully saturated rings. The number of carbonyl (C=O) groups is 2. The molecule has 2 amide bonds. The maximum atomic E-state index is 12.3. The number of aliphatic hydroxyl groups excluding tert-OH is 1. The second-order valence-corrected chi connectivity index (χ2v) is 6.06. The minimum atomic E-state index is -0.638. The van der Waals surface area contributed by atoms with Gasteiger partial charge in [0.2, 0.25) is 11.8 Å². The zero-order valence-electron chi connectivity index (χ0n) is 15.1. The third-order valence-electron chi connectivity index (χ3n) is 3.92. The molecule has 0 bridgehead atoms. The maximum absolute atomic E-state index is 12.3. The van der Waals surface area contributed by atoms with E-state index in [1.165, 1.54) is 6.92 Å². The van der Waals surface area contributed by atoms with E-state index in [1.54, 1.807) is 24.3 Å². The van der Waals surface area contributed by atoms with Crippen LogP contribution in [0.5, 0.6) is 0 Å². The van der Waals surface area contributed by atoms with Gasteiger partial charge in [-0.15, -0.1) is 0 Å². The Bertz CT molecular complexity index is 717. The molecule has 6 nitrogen and oxygen atoms in total. The van der Waals surface area contributed by atoms with Gasteiger partial charge in [0.25, 0.3) is 0 Å². The van der Waals surface area contributed by atoms with Gasteiger partial charge in [-0.1, -0.05) is 37.3 Å². The number of amides is 2. The summed E-state index contributed by atoms with van der Waals surface area (Å²) in [7, 11) is 0. The molecule has 2 aromatic carbocycles. The normalized spacial score (nSPS) is 11.8. The van der Waals surface area contributed by atoms with Crippen LogP contribution in [0.25, 0.3) is 0 Å². The number of carbonyl (C=O) groups excluding carboxylic acids is 2. The largest absolute Gasteiger partial charge is 0.387 e. The van der Waals surface area contributed by atoms with Crippen LogP contribution in [0.15, 0.2) is 54.6 Å². The molecular weight excluding hydrogens is 330 g/mol. The fraction of sp³-hybridized carbons (Fsp3) is 0.300. The highest BCUT2D eigenvalue weighted by atomic mass is 16.3. The Morgan fingerprint density at radius 3 is 2.12 bits per heavy atom. The summed E-state index contributed by atoms with van der Waals surface area (Å²) in [4.78, 5) is 25.2.